The fourth-order valence-corrected chi connectivity index (χ4v) is 0.850. The number of hydrogen-bond acceptors (Lipinski definition) is 1. The first-order valence-corrected chi connectivity index (χ1v) is 3.82. The molecule has 0 spiro atoms. The molecule has 1 unspecified atom stereocenters. The summed E-state index contributed by atoms with van der Waals surface area (Å²) in [4.78, 5) is 0. The molecule has 9 heavy (non-hydrogen) atoms. The molecule has 0 aromatic rings. The highest BCUT2D eigenvalue weighted by atomic mass is 16.3. The standard InChI is InChI=1S/C8H17O/c1-3-5-6-8(4-2)7-9/h7-9H,3-6H2,1-2H3. The minimum atomic E-state index is 0.435. The molecule has 0 fully saturated rings. The maximum absolute atomic E-state index is 8.63. The number of unbranched alkanes of at least 4 members (excludes halogenated alkanes) is 1. The van der Waals surface area contributed by atoms with Crippen LogP contribution in [0.5, 0.6) is 0 Å². The zero-order valence-corrected chi connectivity index (χ0v) is 6.43. The Kier molecular flexibility index (Phi) is 6.06. The van der Waals surface area contributed by atoms with Crippen LogP contribution in [-0.4, -0.2) is 5.11 Å². The zero-order valence-electron chi connectivity index (χ0n) is 6.43. The van der Waals surface area contributed by atoms with Crippen LogP contribution in [0.1, 0.15) is 39.5 Å². The Bertz CT molecular complexity index is 48.5. The van der Waals surface area contributed by atoms with E-state index in [2.05, 4.69) is 13.8 Å². The quantitative estimate of drug-likeness (QED) is 0.605. The molecule has 0 aliphatic rings. The Morgan fingerprint density at radius 2 is 2.11 bits per heavy atom. The minimum absolute atomic E-state index is 0.435. The van der Waals surface area contributed by atoms with Crippen LogP contribution in [0, 0.1) is 12.5 Å². The molecule has 0 aliphatic carbocycles. The van der Waals surface area contributed by atoms with Crippen LogP contribution >= 0.6 is 0 Å². The van der Waals surface area contributed by atoms with Crippen LogP contribution in [0.4, 0.5) is 0 Å². The van der Waals surface area contributed by atoms with E-state index in [9.17, 15) is 0 Å². The lowest BCUT2D eigenvalue weighted by Gasteiger charge is -2.08. The predicted molar refractivity (Wildman–Crippen MR) is 39.5 cm³/mol. The molecule has 0 heterocycles. The highest BCUT2D eigenvalue weighted by Gasteiger charge is 2.02. The molecular formula is C8H17O. The van der Waals surface area contributed by atoms with Crippen molar-refractivity contribution in [3.8, 4) is 0 Å². The van der Waals surface area contributed by atoms with Crippen LogP contribution < -0.4 is 0 Å². The lowest BCUT2D eigenvalue weighted by Crippen LogP contribution is -1.97. The van der Waals surface area contributed by atoms with E-state index in [0.29, 0.717) is 5.92 Å². The third kappa shape index (κ3) is 4.46. The van der Waals surface area contributed by atoms with E-state index in [1.54, 1.807) is 0 Å². The molecule has 0 aromatic heterocycles. The van der Waals surface area contributed by atoms with Gasteiger partial charge >= 0.3 is 0 Å². The Morgan fingerprint density at radius 3 is 2.44 bits per heavy atom. The van der Waals surface area contributed by atoms with Gasteiger partial charge in [-0.05, 0) is 12.3 Å². The van der Waals surface area contributed by atoms with Gasteiger partial charge < -0.3 is 5.11 Å². The molecule has 0 aliphatic heterocycles. The van der Waals surface area contributed by atoms with E-state index in [1.807, 2.05) is 0 Å². The summed E-state index contributed by atoms with van der Waals surface area (Å²) in [5, 5.41) is 8.63. The molecule has 0 aromatic carbocycles. The van der Waals surface area contributed by atoms with E-state index in [0.717, 1.165) is 12.8 Å². The molecule has 0 bridgehead atoms. The number of rotatable bonds is 5. The van der Waals surface area contributed by atoms with Gasteiger partial charge in [-0.25, -0.2) is 0 Å². The highest BCUT2D eigenvalue weighted by molar-refractivity contribution is 4.63. The fraction of sp³-hybridized carbons (Fsp3) is 0.875. The summed E-state index contributed by atoms with van der Waals surface area (Å²) in [7, 11) is 0. The van der Waals surface area contributed by atoms with Gasteiger partial charge in [-0.1, -0.05) is 33.1 Å². The van der Waals surface area contributed by atoms with Gasteiger partial charge in [-0.3, -0.25) is 0 Å². The third-order valence-corrected chi connectivity index (χ3v) is 1.66. The summed E-state index contributed by atoms with van der Waals surface area (Å²) in [5.41, 5.74) is 0. The molecule has 1 radical (unpaired) electrons. The molecule has 1 nitrogen and oxygen atoms in total. The molecule has 0 saturated heterocycles. The first-order chi connectivity index (χ1) is 4.35. The van der Waals surface area contributed by atoms with Gasteiger partial charge in [0.2, 0.25) is 0 Å². The summed E-state index contributed by atoms with van der Waals surface area (Å²) in [6, 6.07) is 0. The van der Waals surface area contributed by atoms with E-state index in [-0.39, 0.29) is 0 Å². The Hall–Kier alpha value is -0.0400. The van der Waals surface area contributed by atoms with Gasteiger partial charge in [0.25, 0.3) is 0 Å². The van der Waals surface area contributed by atoms with Crippen molar-refractivity contribution < 1.29 is 5.11 Å². The molecule has 1 atom stereocenters. The molecule has 1 N–H and O–H groups in total. The predicted octanol–water partition coefficient (Wildman–Crippen LogP) is 2.74. The van der Waals surface area contributed by atoms with Crippen molar-refractivity contribution in [1.82, 2.24) is 0 Å². The Balaban J connectivity index is 3.09. The molecule has 55 valence electrons. The second kappa shape index (κ2) is 6.09. The summed E-state index contributed by atoms with van der Waals surface area (Å²) < 4.78 is 0. The summed E-state index contributed by atoms with van der Waals surface area (Å²) in [6.45, 7) is 5.60. The summed E-state index contributed by atoms with van der Waals surface area (Å²) >= 11 is 0. The van der Waals surface area contributed by atoms with Crippen LogP contribution in [0.3, 0.4) is 0 Å². The Labute approximate surface area is 58.1 Å². The average molecular weight is 129 g/mol. The van der Waals surface area contributed by atoms with Gasteiger partial charge in [-0.15, -0.1) is 0 Å². The van der Waals surface area contributed by atoms with E-state index >= 15 is 0 Å². The average Bonchev–Trinajstić information content (AvgIpc) is 1.91. The maximum Gasteiger partial charge on any atom is 0.0829 e. The summed E-state index contributed by atoms with van der Waals surface area (Å²) in [5.74, 6) is 0.435. The number of hydrogen-bond donors (Lipinski definition) is 1. The van der Waals surface area contributed by atoms with Crippen molar-refractivity contribution >= 4 is 0 Å². The van der Waals surface area contributed by atoms with Gasteiger partial charge in [0.1, 0.15) is 0 Å². The maximum atomic E-state index is 8.63. The lowest BCUT2D eigenvalue weighted by atomic mass is 10.0. The van der Waals surface area contributed by atoms with Gasteiger partial charge in [0.05, 0.1) is 6.61 Å². The van der Waals surface area contributed by atoms with Gasteiger partial charge in [0.15, 0.2) is 0 Å². The van der Waals surface area contributed by atoms with Crippen LogP contribution in [-0.2, 0) is 0 Å². The topological polar surface area (TPSA) is 20.2 Å². The van der Waals surface area contributed by atoms with Crippen molar-refractivity contribution in [3.63, 3.8) is 0 Å². The van der Waals surface area contributed by atoms with Crippen molar-refractivity contribution in [2.75, 3.05) is 0 Å². The summed E-state index contributed by atoms with van der Waals surface area (Å²) in [6.07, 6.45) is 4.67. The zero-order chi connectivity index (χ0) is 7.11. The van der Waals surface area contributed by atoms with E-state index in [4.69, 9.17) is 5.11 Å². The first-order valence-electron chi connectivity index (χ1n) is 3.82. The second-order valence-corrected chi connectivity index (χ2v) is 2.46. The van der Waals surface area contributed by atoms with Gasteiger partial charge in [0, 0.05) is 0 Å². The number of aliphatic hydroxyl groups is 1. The van der Waals surface area contributed by atoms with Crippen molar-refractivity contribution in [2.24, 2.45) is 5.92 Å². The molecule has 1 heteroatoms. The van der Waals surface area contributed by atoms with Crippen LogP contribution in [0.25, 0.3) is 0 Å². The van der Waals surface area contributed by atoms with E-state index < -0.39 is 0 Å². The van der Waals surface area contributed by atoms with Crippen LogP contribution in [0.15, 0.2) is 0 Å². The minimum Gasteiger partial charge on any atom is -0.390 e. The normalized spacial score (nSPS) is 13.7. The molecule has 0 amide bonds. The molecule has 0 saturated carbocycles. The molecule has 0 rings (SSSR count). The van der Waals surface area contributed by atoms with Gasteiger partial charge in [-0.2, -0.15) is 0 Å². The third-order valence-electron chi connectivity index (χ3n) is 1.66. The van der Waals surface area contributed by atoms with Crippen LogP contribution in [0.2, 0.25) is 0 Å². The van der Waals surface area contributed by atoms with E-state index in [1.165, 1.54) is 19.4 Å². The monoisotopic (exact) mass is 129 g/mol. The largest absolute Gasteiger partial charge is 0.390 e. The van der Waals surface area contributed by atoms with Crippen molar-refractivity contribution in [2.45, 2.75) is 39.5 Å². The lowest BCUT2D eigenvalue weighted by molar-refractivity contribution is 0.295. The fourth-order valence-electron chi connectivity index (χ4n) is 0.850. The SMILES string of the molecule is CCCCC([CH]O)CC. The molecular weight excluding hydrogens is 112 g/mol. The highest BCUT2D eigenvalue weighted by Crippen LogP contribution is 2.13. The smallest absolute Gasteiger partial charge is 0.0829 e. The van der Waals surface area contributed by atoms with Crippen molar-refractivity contribution in [3.05, 3.63) is 6.61 Å². The Morgan fingerprint density at radius 1 is 1.44 bits per heavy atom. The number of aliphatic hydroxyl groups excluding tert-OH is 1. The first kappa shape index (κ1) is 8.96. The second-order valence-electron chi connectivity index (χ2n) is 2.46. The van der Waals surface area contributed by atoms with Crippen molar-refractivity contribution in [1.29, 1.82) is 0 Å².